The van der Waals surface area contributed by atoms with Gasteiger partial charge < -0.3 is 21.4 Å². The first kappa shape index (κ1) is 18.3. The molecule has 4 N–H and O–H groups in total. The number of hydrogen-bond donors (Lipinski definition) is 4. The van der Waals surface area contributed by atoms with Crippen molar-refractivity contribution in [3.8, 4) is 0 Å². The molecule has 1 aromatic heterocycles. The summed E-state index contributed by atoms with van der Waals surface area (Å²) in [5.74, 6) is 0.782. The van der Waals surface area contributed by atoms with Gasteiger partial charge in [-0.3, -0.25) is 4.98 Å². The number of guanidine groups is 1. The van der Waals surface area contributed by atoms with E-state index in [2.05, 4.69) is 46.9 Å². The van der Waals surface area contributed by atoms with Gasteiger partial charge in [0.25, 0.3) is 0 Å². The summed E-state index contributed by atoms with van der Waals surface area (Å²) in [7, 11) is 0. The molecule has 1 aliphatic carbocycles. The number of aryl methyl sites for hydroxylation is 1. The van der Waals surface area contributed by atoms with Crippen molar-refractivity contribution in [3.63, 3.8) is 0 Å². The van der Waals surface area contributed by atoms with Gasteiger partial charge in [-0.15, -0.1) is 5.10 Å². The molecular formula is C21H27N7. The zero-order chi connectivity index (χ0) is 19.5. The average molecular weight is 377 g/mol. The van der Waals surface area contributed by atoms with Crippen LogP contribution in [-0.2, 0) is 0 Å². The Hall–Kier alpha value is -3.09. The van der Waals surface area contributed by atoms with Crippen LogP contribution in [0.15, 0.2) is 53.2 Å². The third-order valence-corrected chi connectivity index (χ3v) is 5.27. The number of allylic oxidation sites excluding steroid dienone is 3. The third-order valence-electron chi connectivity index (χ3n) is 5.27. The minimum atomic E-state index is -0.0326. The molecule has 7 nitrogen and oxygen atoms in total. The maximum Gasteiger partial charge on any atom is 0.216 e. The lowest BCUT2D eigenvalue weighted by molar-refractivity contribution is 0.359. The predicted molar refractivity (Wildman–Crippen MR) is 113 cm³/mol. The third kappa shape index (κ3) is 3.65. The normalized spacial score (nSPS) is 23.6. The fourth-order valence-electron chi connectivity index (χ4n) is 3.95. The van der Waals surface area contributed by atoms with E-state index < -0.39 is 0 Å². The number of hydrazone groups is 1. The Balaban J connectivity index is 1.45. The fourth-order valence-corrected chi connectivity index (χ4v) is 3.95. The molecule has 2 unspecified atom stereocenters. The van der Waals surface area contributed by atoms with Crippen molar-refractivity contribution < 1.29 is 0 Å². The van der Waals surface area contributed by atoms with Crippen LogP contribution in [0.25, 0.3) is 5.57 Å². The van der Waals surface area contributed by atoms with Crippen LogP contribution >= 0.6 is 0 Å². The summed E-state index contributed by atoms with van der Waals surface area (Å²) in [6, 6.07) is 2.41. The van der Waals surface area contributed by atoms with Crippen LogP contribution in [0.2, 0.25) is 0 Å². The molecule has 28 heavy (non-hydrogen) atoms. The molecule has 0 saturated heterocycles. The van der Waals surface area contributed by atoms with Gasteiger partial charge in [0, 0.05) is 54.2 Å². The minimum absolute atomic E-state index is 0.0326. The second-order valence-electron chi connectivity index (χ2n) is 7.35. The molecule has 7 heteroatoms. The quantitative estimate of drug-likeness (QED) is 0.592. The highest BCUT2D eigenvalue weighted by Crippen LogP contribution is 2.28. The SMILES string of the molecule is CCNC1=C(C=N)CC(NC2=NN3C=CC=C(c4cncc(C)c4)C3N2)CC1. The lowest BCUT2D eigenvalue weighted by Gasteiger charge is -2.28. The van der Waals surface area contributed by atoms with Crippen LogP contribution in [0.4, 0.5) is 0 Å². The first-order chi connectivity index (χ1) is 13.7. The maximum atomic E-state index is 7.72. The molecule has 0 aromatic carbocycles. The number of nitrogens with zero attached hydrogens (tertiary/aromatic N) is 3. The Bertz CT molecular complexity index is 880. The first-order valence-electron chi connectivity index (χ1n) is 9.84. The highest BCUT2D eigenvalue weighted by Gasteiger charge is 2.31. The number of pyridine rings is 1. The van der Waals surface area contributed by atoms with E-state index in [4.69, 9.17) is 10.5 Å². The van der Waals surface area contributed by atoms with Crippen LogP contribution < -0.4 is 16.0 Å². The van der Waals surface area contributed by atoms with Crippen molar-refractivity contribution in [2.75, 3.05) is 6.54 Å². The number of nitrogens with one attached hydrogen (secondary N) is 4. The summed E-state index contributed by atoms with van der Waals surface area (Å²) in [5, 5.41) is 24.8. The van der Waals surface area contributed by atoms with E-state index >= 15 is 0 Å². The summed E-state index contributed by atoms with van der Waals surface area (Å²) >= 11 is 0. The molecule has 1 aromatic rings. The van der Waals surface area contributed by atoms with E-state index in [0.29, 0.717) is 0 Å². The van der Waals surface area contributed by atoms with Crippen LogP contribution in [-0.4, -0.2) is 40.9 Å². The van der Waals surface area contributed by atoms with Crippen molar-refractivity contribution in [1.82, 2.24) is 25.9 Å². The number of fused-ring (bicyclic) bond motifs is 1. The Kier molecular flexibility index (Phi) is 5.14. The van der Waals surface area contributed by atoms with Crippen LogP contribution in [0.5, 0.6) is 0 Å². The summed E-state index contributed by atoms with van der Waals surface area (Å²) in [6.45, 7) is 5.04. The first-order valence-corrected chi connectivity index (χ1v) is 9.84. The molecule has 3 aliphatic rings. The van der Waals surface area contributed by atoms with E-state index in [-0.39, 0.29) is 12.2 Å². The van der Waals surface area contributed by atoms with Crippen LogP contribution in [0.1, 0.15) is 37.3 Å². The van der Waals surface area contributed by atoms with E-state index in [1.54, 1.807) is 0 Å². The van der Waals surface area contributed by atoms with Gasteiger partial charge in [0.15, 0.2) is 0 Å². The molecule has 0 bridgehead atoms. The van der Waals surface area contributed by atoms with E-state index in [9.17, 15) is 0 Å². The largest absolute Gasteiger partial charge is 0.388 e. The maximum absolute atomic E-state index is 7.72. The van der Waals surface area contributed by atoms with E-state index in [1.807, 2.05) is 29.7 Å². The topological polar surface area (TPSA) is 88.4 Å². The number of rotatable bonds is 5. The zero-order valence-corrected chi connectivity index (χ0v) is 16.4. The van der Waals surface area contributed by atoms with Gasteiger partial charge in [-0.05, 0) is 56.4 Å². The summed E-state index contributed by atoms with van der Waals surface area (Å²) < 4.78 is 0. The Morgan fingerprint density at radius 3 is 3.07 bits per heavy atom. The van der Waals surface area contributed by atoms with Gasteiger partial charge in [0.2, 0.25) is 5.96 Å². The lowest BCUT2D eigenvalue weighted by Crippen LogP contribution is -2.46. The van der Waals surface area contributed by atoms with E-state index in [1.165, 1.54) is 11.9 Å². The van der Waals surface area contributed by atoms with Gasteiger partial charge in [0.1, 0.15) is 6.17 Å². The van der Waals surface area contributed by atoms with Gasteiger partial charge >= 0.3 is 0 Å². The standard InChI is InChI=1S/C21H27N7/c1-3-24-19-7-6-17(10-15(19)11-22)25-21-26-20-18(5-4-8-28(20)27-21)16-9-14(2)12-23-13-16/h4-5,8-9,11-13,17,20,22,24H,3,6-7,10H2,1-2H3,(H2,25,26,27). The van der Waals surface area contributed by atoms with Crippen molar-refractivity contribution >= 4 is 17.7 Å². The molecule has 0 saturated carbocycles. The van der Waals surface area contributed by atoms with Crippen molar-refractivity contribution in [2.45, 2.75) is 45.3 Å². The van der Waals surface area contributed by atoms with Gasteiger partial charge in [-0.1, -0.05) is 6.08 Å². The molecule has 146 valence electrons. The predicted octanol–water partition coefficient (Wildman–Crippen LogP) is 2.46. The number of aromatic nitrogens is 1. The second kappa shape index (κ2) is 7.88. The Morgan fingerprint density at radius 1 is 1.39 bits per heavy atom. The summed E-state index contributed by atoms with van der Waals surface area (Å²) in [4.78, 5) is 4.33. The molecule has 2 aliphatic heterocycles. The van der Waals surface area contributed by atoms with Crippen molar-refractivity contribution in [3.05, 3.63) is 59.2 Å². The molecule has 0 spiro atoms. The molecule has 0 amide bonds. The van der Waals surface area contributed by atoms with Gasteiger partial charge in [-0.2, -0.15) is 0 Å². The van der Waals surface area contributed by atoms with Crippen molar-refractivity contribution in [1.29, 1.82) is 5.41 Å². The lowest BCUT2D eigenvalue weighted by atomic mass is 9.92. The van der Waals surface area contributed by atoms with Crippen LogP contribution in [0.3, 0.4) is 0 Å². The highest BCUT2D eigenvalue weighted by molar-refractivity contribution is 5.86. The van der Waals surface area contributed by atoms with Gasteiger partial charge in [0.05, 0.1) is 0 Å². The summed E-state index contributed by atoms with van der Waals surface area (Å²) in [6.07, 6.45) is 14.1. The van der Waals surface area contributed by atoms with Crippen molar-refractivity contribution in [2.24, 2.45) is 5.10 Å². The molecule has 0 fully saturated rings. The number of hydrogen-bond acceptors (Lipinski definition) is 7. The molecule has 4 rings (SSSR count). The summed E-state index contributed by atoms with van der Waals surface area (Å²) in [5.41, 5.74) is 5.67. The second-order valence-corrected chi connectivity index (χ2v) is 7.35. The molecule has 0 radical (unpaired) electrons. The Labute approximate surface area is 165 Å². The zero-order valence-electron chi connectivity index (χ0n) is 16.4. The fraction of sp³-hybridized carbons (Fsp3) is 0.381. The van der Waals surface area contributed by atoms with Crippen LogP contribution in [0, 0.1) is 12.3 Å². The smallest absolute Gasteiger partial charge is 0.216 e. The Morgan fingerprint density at radius 2 is 2.29 bits per heavy atom. The minimum Gasteiger partial charge on any atom is -0.388 e. The average Bonchev–Trinajstić information content (AvgIpc) is 3.11. The van der Waals surface area contributed by atoms with Gasteiger partial charge in [-0.25, -0.2) is 5.01 Å². The highest BCUT2D eigenvalue weighted by atomic mass is 15.6. The molecular weight excluding hydrogens is 350 g/mol. The monoisotopic (exact) mass is 377 g/mol. The molecule has 2 atom stereocenters. The molecule has 3 heterocycles. The van der Waals surface area contributed by atoms with E-state index in [0.717, 1.165) is 54.0 Å².